The van der Waals surface area contributed by atoms with Crippen molar-refractivity contribution >= 4 is 17.8 Å². The Bertz CT molecular complexity index is 361. The molecule has 0 spiro atoms. The summed E-state index contributed by atoms with van der Waals surface area (Å²) in [6.45, 7) is 2.49. The summed E-state index contributed by atoms with van der Waals surface area (Å²) in [4.78, 5) is 22.7. The van der Waals surface area contributed by atoms with Gasteiger partial charge < -0.3 is 20.7 Å². The number of ether oxygens (including phenoxy) is 1. The standard InChI is InChI=1S/C9H16N6O2/c1-6(16)11-4-5-12-8-13-7(10-2)14-9(15-8)17-3/h4-5H2,1-3H3,(H,11,16)(H2,10,12,13,14,15). The molecule has 1 rings (SSSR count). The number of aromatic nitrogens is 3. The van der Waals surface area contributed by atoms with Crippen molar-refractivity contribution in [3.05, 3.63) is 0 Å². The van der Waals surface area contributed by atoms with Gasteiger partial charge in [0.25, 0.3) is 0 Å². The minimum Gasteiger partial charge on any atom is -0.467 e. The number of carbonyl (C=O) groups is 1. The Balaban J connectivity index is 2.54. The molecule has 1 aromatic heterocycles. The molecule has 8 nitrogen and oxygen atoms in total. The van der Waals surface area contributed by atoms with Crippen LogP contribution in [0.4, 0.5) is 11.9 Å². The third-order valence-electron chi connectivity index (χ3n) is 1.80. The summed E-state index contributed by atoms with van der Waals surface area (Å²) in [6, 6.07) is 0.228. The van der Waals surface area contributed by atoms with Crippen molar-refractivity contribution < 1.29 is 9.53 Å². The van der Waals surface area contributed by atoms with E-state index < -0.39 is 0 Å². The van der Waals surface area contributed by atoms with Gasteiger partial charge in [0.05, 0.1) is 7.11 Å². The first-order valence-electron chi connectivity index (χ1n) is 5.12. The second-order valence-corrected chi connectivity index (χ2v) is 3.13. The van der Waals surface area contributed by atoms with E-state index in [0.29, 0.717) is 25.0 Å². The van der Waals surface area contributed by atoms with Crippen LogP contribution in [0, 0.1) is 0 Å². The minimum absolute atomic E-state index is 0.0732. The minimum atomic E-state index is -0.0732. The number of anilines is 2. The molecule has 0 radical (unpaired) electrons. The lowest BCUT2D eigenvalue weighted by Crippen LogP contribution is -2.26. The van der Waals surface area contributed by atoms with Gasteiger partial charge in [-0.2, -0.15) is 15.0 Å². The molecule has 0 saturated carbocycles. The summed E-state index contributed by atoms with van der Waals surface area (Å²) >= 11 is 0. The highest BCUT2D eigenvalue weighted by molar-refractivity contribution is 5.72. The molecule has 0 aromatic carbocycles. The van der Waals surface area contributed by atoms with Crippen molar-refractivity contribution in [2.24, 2.45) is 0 Å². The average Bonchev–Trinajstić information content (AvgIpc) is 2.34. The molecule has 17 heavy (non-hydrogen) atoms. The van der Waals surface area contributed by atoms with Crippen molar-refractivity contribution in [3.8, 4) is 6.01 Å². The molecule has 0 unspecified atom stereocenters. The largest absolute Gasteiger partial charge is 0.467 e. The van der Waals surface area contributed by atoms with Crippen LogP contribution in [0.25, 0.3) is 0 Å². The molecule has 0 aliphatic carbocycles. The molecule has 0 aliphatic heterocycles. The topological polar surface area (TPSA) is 101 Å². The Morgan fingerprint density at radius 1 is 1.24 bits per heavy atom. The van der Waals surface area contributed by atoms with Gasteiger partial charge in [-0.1, -0.05) is 0 Å². The van der Waals surface area contributed by atoms with Crippen molar-refractivity contribution in [3.63, 3.8) is 0 Å². The fraction of sp³-hybridized carbons (Fsp3) is 0.556. The number of rotatable bonds is 6. The Morgan fingerprint density at radius 2 is 1.94 bits per heavy atom. The zero-order valence-electron chi connectivity index (χ0n) is 10.1. The fourth-order valence-corrected chi connectivity index (χ4v) is 1.05. The van der Waals surface area contributed by atoms with E-state index in [1.807, 2.05) is 0 Å². The highest BCUT2D eigenvalue weighted by Gasteiger charge is 2.04. The van der Waals surface area contributed by atoms with Crippen molar-refractivity contribution in [1.82, 2.24) is 20.3 Å². The van der Waals surface area contributed by atoms with E-state index in [1.165, 1.54) is 14.0 Å². The number of nitrogens with one attached hydrogen (secondary N) is 3. The molecule has 1 heterocycles. The van der Waals surface area contributed by atoms with Crippen LogP contribution in [0.1, 0.15) is 6.92 Å². The van der Waals surface area contributed by atoms with E-state index in [1.54, 1.807) is 7.05 Å². The second-order valence-electron chi connectivity index (χ2n) is 3.13. The summed E-state index contributed by atoms with van der Waals surface area (Å²) in [5.74, 6) is 0.737. The van der Waals surface area contributed by atoms with Crippen LogP contribution >= 0.6 is 0 Å². The number of hydrogen-bond acceptors (Lipinski definition) is 7. The number of nitrogens with zero attached hydrogens (tertiary/aromatic N) is 3. The van der Waals surface area contributed by atoms with Crippen LogP contribution < -0.4 is 20.7 Å². The third-order valence-corrected chi connectivity index (χ3v) is 1.80. The molecule has 0 fully saturated rings. The molecule has 0 atom stereocenters. The molecule has 8 heteroatoms. The summed E-state index contributed by atoms with van der Waals surface area (Å²) in [5.41, 5.74) is 0. The van der Waals surface area contributed by atoms with Gasteiger partial charge >= 0.3 is 6.01 Å². The maximum atomic E-state index is 10.6. The highest BCUT2D eigenvalue weighted by atomic mass is 16.5. The summed E-state index contributed by atoms with van der Waals surface area (Å²) in [7, 11) is 3.19. The molecule has 3 N–H and O–H groups in total. The Hall–Kier alpha value is -2.12. The zero-order valence-corrected chi connectivity index (χ0v) is 10.1. The van der Waals surface area contributed by atoms with E-state index in [-0.39, 0.29) is 11.9 Å². The summed E-state index contributed by atoms with van der Waals surface area (Å²) in [6.07, 6.45) is 0. The van der Waals surface area contributed by atoms with Gasteiger partial charge in [-0.05, 0) is 0 Å². The van der Waals surface area contributed by atoms with Crippen LogP contribution in [0.2, 0.25) is 0 Å². The van der Waals surface area contributed by atoms with Gasteiger partial charge in [-0.15, -0.1) is 0 Å². The van der Waals surface area contributed by atoms with Gasteiger partial charge in [0.15, 0.2) is 0 Å². The molecule has 0 bridgehead atoms. The Kier molecular flexibility index (Phi) is 4.92. The van der Waals surface area contributed by atoms with Crippen LogP contribution in [-0.2, 0) is 4.79 Å². The van der Waals surface area contributed by atoms with Crippen molar-refractivity contribution in [2.45, 2.75) is 6.92 Å². The van der Waals surface area contributed by atoms with E-state index in [9.17, 15) is 4.79 Å². The first-order valence-corrected chi connectivity index (χ1v) is 5.12. The second kappa shape index (κ2) is 6.46. The maximum Gasteiger partial charge on any atom is 0.322 e. The van der Waals surface area contributed by atoms with E-state index in [2.05, 4.69) is 30.9 Å². The van der Waals surface area contributed by atoms with Gasteiger partial charge in [0.1, 0.15) is 0 Å². The van der Waals surface area contributed by atoms with E-state index >= 15 is 0 Å². The van der Waals surface area contributed by atoms with Gasteiger partial charge in [-0.25, -0.2) is 0 Å². The van der Waals surface area contributed by atoms with Crippen LogP contribution in [-0.4, -0.2) is 48.1 Å². The molecule has 1 amide bonds. The molecular formula is C9H16N6O2. The molecular weight excluding hydrogens is 224 g/mol. The van der Waals surface area contributed by atoms with Crippen molar-refractivity contribution in [2.75, 3.05) is 37.9 Å². The maximum absolute atomic E-state index is 10.6. The lowest BCUT2D eigenvalue weighted by atomic mass is 10.6. The van der Waals surface area contributed by atoms with Gasteiger partial charge in [0, 0.05) is 27.1 Å². The first kappa shape index (κ1) is 12.9. The van der Waals surface area contributed by atoms with Gasteiger partial charge in [-0.3, -0.25) is 4.79 Å². The summed E-state index contributed by atoms with van der Waals surface area (Å²) < 4.78 is 4.93. The first-order chi connectivity index (χ1) is 8.15. The lowest BCUT2D eigenvalue weighted by molar-refractivity contribution is -0.118. The third kappa shape index (κ3) is 4.49. The van der Waals surface area contributed by atoms with Crippen LogP contribution in [0.15, 0.2) is 0 Å². The normalized spacial score (nSPS) is 9.59. The number of amides is 1. The monoisotopic (exact) mass is 240 g/mol. The lowest BCUT2D eigenvalue weighted by Gasteiger charge is -2.07. The molecule has 1 aromatic rings. The quantitative estimate of drug-likeness (QED) is 0.574. The number of carbonyl (C=O) groups excluding carboxylic acids is 1. The SMILES string of the molecule is CNc1nc(NCCNC(C)=O)nc(OC)n1. The fourth-order valence-electron chi connectivity index (χ4n) is 1.05. The van der Waals surface area contributed by atoms with E-state index in [0.717, 1.165) is 0 Å². The molecule has 94 valence electrons. The van der Waals surface area contributed by atoms with E-state index in [4.69, 9.17) is 4.74 Å². The van der Waals surface area contributed by atoms with Crippen molar-refractivity contribution in [1.29, 1.82) is 0 Å². The average molecular weight is 240 g/mol. The Labute approximate surface area is 99.2 Å². The highest BCUT2D eigenvalue weighted by Crippen LogP contribution is 2.09. The predicted molar refractivity (Wildman–Crippen MR) is 63.1 cm³/mol. The molecule has 0 saturated heterocycles. The summed E-state index contributed by atoms with van der Waals surface area (Å²) in [5, 5.41) is 8.40. The number of hydrogen-bond donors (Lipinski definition) is 3. The molecule has 0 aliphatic rings. The Morgan fingerprint density at radius 3 is 2.53 bits per heavy atom. The van der Waals surface area contributed by atoms with Crippen LogP contribution in [0.3, 0.4) is 0 Å². The zero-order chi connectivity index (χ0) is 12.7. The number of methoxy groups -OCH3 is 1. The smallest absolute Gasteiger partial charge is 0.322 e. The van der Waals surface area contributed by atoms with Gasteiger partial charge in [0.2, 0.25) is 17.8 Å². The predicted octanol–water partition coefficient (Wildman–Crippen LogP) is -0.530. The van der Waals surface area contributed by atoms with Crippen LogP contribution in [0.5, 0.6) is 6.01 Å².